The van der Waals surface area contributed by atoms with Crippen LogP contribution in [0.5, 0.6) is 0 Å². The van der Waals surface area contributed by atoms with Gasteiger partial charge in [-0.2, -0.15) is 10.2 Å². The molecule has 9 heteroatoms. The Bertz CT molecular complexity index is 838. The highest BCUT2D eigenvalue weighted by molar-refractivity contribution is 5.85. The van der Waals surface area contributed by atoms with E-state index in [1.54, 1.807) is 12.1 Å². The van der Waals surface area contributed by atoms with Crippen molar-refractivity contribution in [2.45, 2.75) is 39.2 Å². The zero-order valence-electron chi connectivity index (χ0n) is 16.8. The molecule has 29 heavy (non-hydrogen) atoms. The van der Waals surface area contributed by atoms with Crippen LogP contribution < -0.4 is 21.3 Å². The number of nitrogens with two attached hydrogens (primary N) is 1. The molecule has 1 aromatic carbocycles. The second-order valence-corrected chi connectivity index (χ2v) is 6.82. The number of aromatic nitrogens is 2. The zero-order chi connectivity index (χ0) is 19.2. The van der Waals surface area contributed by atoms with Crippen LogP contribution in [0.2, 0.25) is 0 Å². The molecular weight excluding hydrogens is 409 g/mol. The molecule has 158 valence electrons. The van der Waals surface area contributed by atoms with E-state index in [0.717, 1.165) is 56.1 Å². The van der Waals surface area contributed by atoms with Gasteiger partial charge in [-0.25, -0.2) is 4.98 Å². The zero-order valence-corrected chi connectivity index (χ0v) is 18.4. The number of aryl methyl sites for hydroxylation is 1. The fourth-order valence-electron chi connectivity index (χ4n) is 3.37. The number of nitriles is 1. The number of hydrogen-bond donors (Lipinski definition) is 3. The van der Waals surface area contributed by atoms with E-state index in [9.17, 15) is 5.26 Å². The monoisotopic (exact) mass is 437 g/mol. The number of halogens is 2. The van der Waals surface area contributed by atoms with Crippen molar-refractivity contribution in [2.75, 3.05) is 35.6 Å². The lowest BCUT2D eigenvalue weighted by Gasteiger charge is -2.19. The molecular formula is C20H29Cl2N7. The van der Waals surface area contributed by atoms with Crippen LogP contribution in [-0.4, -0.2) is 35.6 Å². The van der Waals surface area contributed by atoms with Gasteiger partial charge < -0.3 is 21.3 Å². The molecule has 0 spiro atoms. The van der Waals surface area contributed by atoms with Crippen molar-refractivity contribution in [3.05, 3.63) is 35.5 Å². The highest BCUT2D eigenvalue weighted by Gasteiger charge is 2.23. The summed E-state index contributed by atoms with van der Waals surface area (Å²) in [5, 5.41) is 15.9. The number of hydrogen-bond acceptors (Lipinski definition) is 7. The van der Waals surface area contributed by atoms with Crippen LogP contribution in [0.15, 0.2) is 24.3 Å². The first-order valence-corrected chi connectivity index (χ1v) is 9.55. The lowest BCUT2D eigenvalue weighted by molar-refractivity contribution is 0.571. The van der Waals surface area contributed by atoms with Crippen LogP contribution in [0.3, 0.4) is 0 Å². The summed E-state index contributed by atoms with van der Waals surface area (Å²) in [5.41, 5.74) is 8.50. The van der Waals surface area contributed by atoms with Crippen LogP contribution in [-0.2, 0) is 6.42 Å². The molecule has 0 amide bonds. The molecule has 2 heterocycles. The van der Waals surface area contributed by atoms with Gasteiger partial charge in [0, 0.05) is 42.3 Å². The summed E-state index contributed by atoms with van der Waals surface area (Å²) in [5.74, 6) is 1.50. The molecule has 0 radical (unpaired) electrons. The van der Waals surface area contributed by atoms with Crippen molar-refractivity contribution in [1.82, 2.24) is 15.3 Å². The van der Waals surface area contributed by atoms with Gasteiger partial charge in [0.2, 0.25) is 5.95 Å². The summed E-state index contributed by atoms with van der Waals surface area (Å²) < 4.78 is 0. The van der Waals surface area contributed by atoms with E-state index in [-0.39, 0.29) is 24.8 Å². The molecule has 2 aromatic rings. The molecule has 1 aliphatic heterocycles. The number of rotatable bonds is 7. The average Bonchev–Trinajstić information content (AvgIpc) is 3.12. The number of nitrogen functional groups attached to an aromatic ring is 1. The molecule has 0 bridgehead atoms. The summed E-state index contributed by atoms with van der Waals surface area (Å²) in [6.45, 7) is 7.20. The molecule has 1 fully saturated rings. The highest BCUT2D eigenvalue weighted by atomic mass is 35.5. The summed E-state index contributed by atoms with van der Waals surface area (Å²) in [4.78, 5) is 11.7. The Hall–Kier alpha value is -2.27. The maximum absolute atomic E-state index is 9.18. The van der Waals surface area contributed by atoms with Crippen LogP contribution >= 0.6 is 24.8 Å². The van der Waals surface area contributed by atoms with Gasteiger partial charge in [-0.1, -0.05) is 20.3 Å². The molecule has 1 aromatic heterocycles. The SMILES string of the molecule is CCCc1cc(N2CCC(NCC)C2)nc(Nc2ccc(N)c(C#N)c2)n1.Cl.Cl. The van der Waals surface area contributed by atoms with Crippen molar-refractivity contribution in [3.8, 4) is 6.07 Å². The maximum atomic E-state index is 9.18. The minimum absolute atomic E-state index is 0. The van der Waals surface area contributed by atoms with Gasteiger partial charge in [-0.3, -0.25) is 0 Å². The predicted octanol–water partition coefficient (Wildman–Crippen LogP) is 3.66. The fourth-order valence-corrected chi connectivity index (χ4v) is 3.37. The van der Waals surface area contributed by atoms with E-state index in [4.69, 9.17) is 10.7 Å². The number of anilines is 4. The number of benzene rings is 1. The second-order valence-electron chi connectivity index (χ2n) is 6.82. The van der Waals surface area contributed by atoms with Crippen LogP contribution in [0.4, 0.5) is 23.1 Å². The molecule has 0 aliphatic carbocycles. The molecule has 3 rings (SSSR count). The Balaban J connectivity index is 0.00000210. The first kappa shape index (κ1) is 24.8. The molecule has 1 aliphatic rings. The summed E-state index contributed by atoms with van der Waals surface area (Å²) in [6, 6.07) is 9.98. The van der Waals surface area contributed by atoms with E-state index in [1.807, 2.05) is 6.07 Å². The van der Waals surface area contributed by atoms with E-state index in [2.05, 4.69) is 46.5 Å². The van der Waals surface area contributed by atoms with Crippen LogP contribution in [0, 0.1) is 11.3 Å². The topological polar surface area (TPSA) is 103 Å². The Kier molecular flexibility index (Phi) is 9.96. The van der Waals surface area contributed by atoms with Crippen LogP contribution in [0.25, 0.3) is 0 Å². The van der Waals surface area contributed by atoms with Gasteiger partial charge in [-0.05, 0) is 37.6 Å². The highest BCUT2D eigenvalue weighted by Crippen LogP contribution is 2.24. The molecule has 4 N–H and O–H groups in total. The third-order valence-corrected chi connectivity index (χ3v) is 4.71. The van der Waals surface area contributed by atoms with Gasteiger partial charge in [0.25, 0.3) is 0 Å². The van der Waals surface area contributed by atoms with Crippen molar-refractivity contribution < 1.29 is 0 Å². The first-order chi connectivity index (χ1) is 13.1. The van der Waals surface area contributed by atoms with Gasteiger partial charge in [0.15, 0.2) is 0 Å². The Morgan fingerprint density at radius 1 is 1.24 bits per heavy atom. The standard InChI is InChI=1S/C20H27N7.2ClH/c1-3-5-15-11-19(27-9-8-17(13-27)23-4-2)26-20(24-15)25-16-6-7-18(22)14(10-16)12-21;;/h6-7,10-11,17,23H,3-5,8-9,13,22H2,1-2H3,(H,24,25,26);2*1H. The van der Waals surface area contributed by atoms with Crippen molar-refractivity contribution >= 4 is 48.0 Å². The number of nitrogens with zero attached hydrogens (tertiary/aromatic N) is 4. The Morgan fingerprint density at radius 3 is 2.72 bits per heavy atom. The normalized spacial score (nSPS) is 15.2. The van der Waals surface area contributed by atoms with Gasteiger partial charge >= 0.3 is 0 Å². The van der Waals surface area contributed by atoms with Gasteiger partial charge in [0.05, 0.1) is 5.56 Å². The maximum Gasteiger partial charge on any atom is 0.229 e. The largest absolute Gasteiger partial charge is 0.398 e. The number of nitrogens with one attached hydrogen (secondary N) is 2. The lowest BCUT2D eigenvalue weighted by Crippen LogP contribution is -2.32. The molecule has 1 atom stereocenters. The van der Waals surface area contributed by atoms with E-state index >= 15 is 0 Å². The van der Waals surface area contributed by atoms with E-state index < -0.39 is 0 Å². The van der Waals surface area contributed by atoms with E-state index in [1.165, 1.54) is 0 Å². The minimum atomic E-state index is 0. The smallest absolute Gasteiger partial charge is 0.229 e. The van der Waals surface area contributed by atoms with E-state index in [0.29, 0.717) is 23.2 Å². The Labute approximate surface area is 184 Å². The van der Waals surface area contributed by atoms with Crippen LogP contribution in [0.1, 0.15) is 37.9 Å². The predicted molar refractivity (Wildman–Crippen MR) is 124 cm³/mol. The Morgan fingerprint density at radius 2 is 2.03 bits per heavy atom. The molecule has 1 unspecified atom stereocenters. The lowest BCUT2D eigenvalue weighted by atomic mass is 10.2. The second kappa shape index (κ2) is 11.7. The van der Waals surface area contributed by atoms with Crippen molar-refractivity contribution in [3.63, 3.8) is 0 Å². The summed E-state index contributed by atoms with van der Waals surface area (Å²) in [7, 11) is 0. The third kappa shape index (κ3) is 6.36. The quantitative estimate of drug-likeness (QED) is 0.567. The molecule has 1 saturated heterocycles. The third-order valence-electron chi connectivity index (χ3n) is 4.71. The average molecular weight is 438 g/mol. The first-order valence-electron chi connectivity index (χ1n) is 9.55. The van der Waals surface area contributed by atoms with Gasteiger partial charge in [0.1, 0.15) is 11.9 Å². The fraction of sp³-hybridized carbons (Fsp3) is 0.450. The summed E-state index contributed by atoms with van der Waals surface area (Å²) in [6.07, 6.45) is 3.05. The minimum Gasteiger partial charge on any atom is -0.398 e. The summed E-state index contributed by atoms with van der Waals surface area (Å²) >= 11 is 0. The molecule has 0 saturated carbocycles. The van der Waals surface area contributed by atoms with Crippen molar-refractivity contribution in [1.29, 1.82) is 5.26 Å². The van der Waals surface area contributed by atoms with Crippen molar-refractivity contribution in [2.24, 2.45) is 0 Å². The van der Waals surface area contributed by atoms with Gasteiger partial charge in [-0.15, -0.1) is 24.8 Å². The number of likely N-dealkylation sites (N-methyl/N-ethyl adjacent to an activating group) is 1. The molecule has 7 nitrogen and oxygen atoms in total.